The van der Waals surface area contributed by atoms with Crippen LogP contribution in [-0.4, -0.2) is 34.9 Å². The van der Waals surface area contributed by atoms with Gasteiger partial charge in [-0.25, -0.2) is 0 Å². The number of rotatable bonds is 6. The minimum atomic E-state index is -0.531. The zero-order chi connectivity index (χ0) is 14.6. The monoisotopic (exact) mass is 280 g/mol. The molecule has 0 bridgehead atoms. The van der Waals surface area contributed by atoms with Gasteiger partial charge in [-0.05, 0) is 26.2 Å². The van der Waals surface area contributed by atoms with Crippen LogP contribution < -0.4 is 11.1 Å². The summed E-state index contributed by atoms with van der Waals surface area (Å²) in [6.07, 6.45) is 6.64. The Balaban J connectivity index is 1.93. The fraction of sp³-hybridized carbons (Fsp3) is 0.714. The van der Waals surface area contributed by atoms with Crippen LogP contribution >= 0.6 is 0 Å². The van der Waals surface area contributed by atoms with Crippen LogP contribution in [0.5, 0.6) is 0 Å². The Kier molecular flexibility index (Phi) is 4.77. The van der Waals surface area contributed by atoms with Crippen molar-refractivity contribution in [3.05, 3.63) is 12.4 Å². The van der Waals surface area contributed by atoms with Crippen molar-refractivity contribution in [1.82, 2.24) is 9.78 Å². The van der Waals surface area contributed by atoms with Crippen LogP contribution in [0.1, 0.15) is 33.1 Å². The molecule has 0 spiro atoms. The first-order valence-electron chi connectivity index (χ1n) is 7.23. The molecule has 1 aromatic heterocycles. The largest absolute Gasteiger partial charge is 0.376 e. The first kappa shape index (κ1) is 15.0. The summed E-state index contributed by atoms with van der Waals surface area (Å²) in [5, 5.41) is 7.14. The summed E-state index contributed by atoms with van der Waals surface area (Å²) in [5.41, 5.74) is 5.87. The van der Waals surface area contributed by atoms with Crippen LogP contribution in [0.4, 0.5) is 5.69 Å². The third kappa shape index (κ3) is 3.37. The number of ether oxygens (including phenoxy) is 1. The SMILES string of the molecule is CCC(C)(CN)C(=O)Nc1cnn(CC2CCCO2)c1. The molecule has 2 rings (SSSR count). The molecule has 6 nitrogen and oxygen atoms in total. The highest BCUT2D eigenvalue weighted by Crippen LogP contribution is 2.22. The van der Waals surface area contributed by atoms with E-state index in [0.29, 0.717) is 18.7 Å². The molecule has 1 saturated heterocycles. The summed E-state index contributed by atoms with van der Waals surface area (Å²) in [4.78, 5) is 12.2. The van der Waals surface area contributed by atoms with Crippen molar-refractivity contribution in [3.8, 4) is 0 Å². The second-order valence-corrected chi connectivity index (χ2v) is 5.66. The van der Waals surface area contributed by atoms with E-state index in [2.05, 4.69) is 10.4 Å². The van der Waals surface area contributed by atoms with Crippen molar-refractivity contribution in [2.24, 2.45) is 11.1 Å². The van der Waals surface area contributed by atoms with E-state index >= 15 is 0 Å². The van der Waals surface area contributed by atoms with Gasteiger partial charge in [-0.15, -0.1) is 0 Å². The molecule has 6 heteroatoms. The van der Waals surface area contributed by atoms with Crippen molar-refractivity contribution < 1.29 is 9.53 Å². The third-order valence-electron chi connectivity index (χ3n) is 4.08. The highest BCUT2D eigenvalue weighted by atomic mass is 16.5. The zero-order valence-electron chi connectivity index (χ0n) is 12.3. The van der Waals surface area contributed by atoms with E-state index in [4.69, 9.17) is 10.5 Å². The molecule has 2 atom stereocenters. The average Bonchev–Trinajstić information content (AvgIpc) is 3.10. The van der Waals surface area contributed by atoms with Crippen molar-refractivity contribution in [1.29, 1.82) is 0 Å². The second kappa shape index (κ2) is 6.37. The van der Waals surface area contributed by atoms with E-state index in [1.165, 1.54) is 0 Å². The van der Waals surface area contributed by atoms with Crippen LogP contribution in [0.25, 0.3) is 0 Å². The van der Waals surface area contributed by atoms with Gasteiger partial charge in [0.1, 0.15) is 0 Å². The number of hydrogen-bond donors (Lipinski definition) is 2. The van der Waals surface area contributed by atoms with Crippen LogP contribution in [-0.2, 0) is 16.1 Å². The predicted molar refractivity (Wildman–Crippen MR) is 77.3 cm³/mol. The Hall–Kier alpha value is -1.40. The molecule has 0 aromatic carbocycles. The number of amides is 1. The van der Waals surface area contributed by atoms with Gasteiger partial charge in [0.2, 0.25) is 5.91 Å². The molecular weight excluding hydrogens is 256 g/mol. The molecule has 0 radical (unpaired) electrons. The molecule has 0 aliphatic carbocycles. The van der Waals surface area contributed by atoms with Gasteiger partial charge in [0.05, 0.1) is 29.9 Å². The number of nitrogens with two attached hydrogens (primary N) is 1. The van der Waals surface area contributed by atoms with Crippen molar-refractivity contribution >= 4 is 11.6 Å². The Labute approximate surface area is 119 Å². The fourth-order valence-corrected chi connectivity index (χ4v) is 2.20. The standard InChI is InChI=1S/C14H24N4O2/c1-3-14(2,10-15)13(19)17-11-7-16-18(8-11)9-12-5-4-6-20-12/h7-8,12H,3-6,9-10,15H2,1-2H3,(H,17,19). The predicted octanol–water partition coefficient (Wildman–Crippen LogP) is 1.38. The van der Waals surface area contributed by atoms with Crippen LogP contribution in [0.2, 0.25) is 0 Å². The third-order valence-corrected chi connectivity index (χ3v) is 4.08. The van der Waals surface area contributed by atoms with Gasteiger partial charge >= 0.3 is 0 Å². The first-order chi connectivity index (χ1) is 9.57. The smallest absolute Gasteiger partial charge is 0.231 e. The number of hydrogen-bond acceptors (Lipinski definition) is 4. The van der Waals surface area contributed by atoms with Gasteiger partial charge in [0.25, 0.3) is 0 Å². The van der Waals surface area contributed by atoms with E-state index in [9.17, 15) is 4.79 Å². The molecule has 1 aliphatic heterocycles. The quantitative estimate of drug-likeness (QED) is 0.824. The minimum absolute atomic E-state index is 0.0563. The highest BCUT2D eigenvalue weighted by molar-refractivity contribution is 5.95. The molecule has 0 saturated carbocycles. The molecule has 20 heavy (non-hydrogen) atoms. The molecule has 2 heterocycles. The van der Waals surface area contributed by atoms with E-state index in [1.54, 1.807) is 6.20 Å². The van der Waals surface area contributed by atoms with Gasteiger partial charge in [0.15, 0.2) is 0 Å². The van der Waals surface area contributed by atoms with E-state index in [-0.39, 0.29) is 12.0 Å². The normalized spacial score (nSPS) is 21.6. The van der Waals surface area contributed by atoms with Crippen LogP contribution in [0.15, 0.2) is 12.4 Å². The maximum atomic E-state index is 12.2. The Morgan fingerprint density at radius 2 is 2.50 bits per heavy atom. The van der Waals surface area contributed by atoms with Gasteiger partial charge < -0.3 is 15.8 Å². The Bertz CT molecular complexity index is 448. The fourth-order valence-electron chi connectivity index (χ4n) is 2.20. The number of aromatic nitrogens is 2. The number of carbonyl (C=O) groups is 1. The second-order valence-electron chi connectivity index (χ2n) is 5.66. The number of nitrogens with zero attached hydrogens (tertiary/aromatic N) is 2. The van der Waals surface area contributed by atoms with Crippen LogP contribution in [0, 0.1) is 5.41 Å². The van der Waals surface area contributed by atoms with Gasteiger partial charge in [-0.1, -0.05) is 6.92 Å². The summed E-state index contributed by atoms with van der Waals surface area (Å²) in [5.74, 6) is -0.0563. The van der Waals surface area contributed by atoms with Crippen molar-refractivity contribution in [3.63, 3.8) is 0 Å². The maximum absolute atomic E-state index is 12.2. The molecule has 1 fully saturated rings. The van der Waals surface area contributed by atoms with Crippen LogP contribution in [0.3, 0.4) is 0 Å². The van der Waals surface area contributed by atoms with E-state index < -0.39 is 5.41 Å². The lowest BCUT2D eigenvalue weighted by atomic mass is 9.86. The lowest BCUT2D eigenvalue weighted by molar-refractivity contribution is -0.124. The van der Waals surface area contributed by atoms with Crippen molar-refractivity contribution in [2.75, 3.05) is 18.5 Å². The topological polar surface area (TPSA) is 82.2 Å². The van der Waals surface area contributed by atoms with Crippen molar-refractivity contribution in [2.45, 2.75) is 45.8 Å². The average molecular weight is 280 g/mol. The van der Waals surface area contributed by atoms with E-state index in [0.717, 1.165) is 26.0 Å². The van der Waals surface area contributed by atoms with Gasteiger partial charge in [-0.2, -0.15) is 5.10 Å². The Morgan fingerprint density at radius 1 is 1.70 bits per heavy atom. The zero-order valence-corrected chi connectivity index (χ0v) is 12.3. The summed E-state index contributed by atoms with van der Waals surface area (Å²) in [7, 11) is 0. The molecule has 1 aromatic rings. The molecular formula is C14H24N4O2. The minimum Gasteiger partial charge on any atom is -0.376 e. The molecule has 1 aliphatic rings. The molecule has 1 amide bonds. The van der Waals surface area contributed by atoms with E-state index in [1.807, 2.05) is 24.7 Å². The highest BCUT2D eigenvalue weighted by Gasteiger charge is 2.29. The number of nitrogens with one attached hydrogen (secondary N) is 1. The summed E-state index contributed by atoms with van der Waals surface area (Å²) >= 11 is 0. The molecule has 2 unspecified atom stereocenters. The summed E-state index contributed by atoms with van der Waals surface area (Å²) < 4.78 is 7.39. The first-order valence-corrected chi connectivity index (χ1v) is 7.23. The maximum Gasteiger partial charge on any atom is 0.231 e. The van der Waals surface area contributed by atoms with Gasteiger partial charge in [0, 0.05) is 19.3 Å². The Morgan fingerprint density at radius 3 is 3.10 bits per heavy atom. The number of anilines is 1. The molecule has 3 N–H and O–H groups in total. The summed E-state index contributed by atoms with van der Waals surface area (Å²) in [6.45, 7) is 5.74. The lowest BCUT2D eigenvalue weighted by Crippen LogP contribution is -2.39. The molecule has 112 valence electrons. The van der Waals surface area contributed by atoms with Gasteiger partial charge in [-0.3, -0.25) is 9.48 Å². The number of carbonyl (C=O) groups excluding carboxylic acids is 1. The summed E-state index contributed by atoms with van der Waals surface area (Å²) in [6, 6.07) is 0. The lowest BCUT2D eigenvalue weighted by Gasteiger charge is -2.24.